The predicted octanol–water partition coefficient (Wildman–Crippen LogP) is 3.23. The Balaban J connectivity index is 1.82. The highest BCUT2D eigenvalue weighted by molar-refractivity contribution is 5.84. The molecule has 0 saturated carbocycles. The SMILES string of the molecule is OC(CC1CCCCO1)c1cncc2ccccc12. The molecule has 1 aromatic heterocycles. The Kier molecular flexibility index (Phi) is 3.76. The lowest BCUT2D eigenvalue weighted by atomic mass is 9.96. The van der Waals surface area contributed by atoms with E-state index in [0.29, 0.717) is 6.42 Å². The molecule has 100 valence electrons. The van der Waals surface area contributed by atoms with Gasteiger partial charge in [-0.2, -0.15) is 0 Å². The van der Waals surface area contributed by atoms with Crippen molar-refractivity contribution in [2.75, 3.05) is 6.61 Å². The van der Waals surface area contributed by atoms with Crippen molar-refractivity contribution in [3.8, 4) is 0 Å². The van der Waals surface area contributed by atoms with Crippen molar-refractivity contribution in [3.05, 3.63) is 42.2 Å². The first-order chi connectivity index (χ1) is 9.34. The van der Waals surface area contributed by atoms with Gasteiger partial charge in [0.15, 0.2) is 0 Å². The van der Waals surface area contributed by atoms with Gasteiger partial charge < -0.3 is 9.84 Å². The number of aliphatic hydroxyl groups is 1. The largest absolute Gasteiger partial charge is 0.388 e. The maximum Gasteiger partial charge on any atom is 0.0835 e. The normalized spacial score (nSPS) is 21.4. The predicted molar refractivity (Wildman–Crippen MR) is 74.9 cm³/mol. The van der Waals surface area contributed by atoms with Crippen LogP contribution in [0.3, 0.4) is 0 Å². The Labute approximate surface area is 113 Å². The van der Waals surface area contributed by atoms with Crippen LogP contribution >= 0.6 is 0 Å². The molecule has 1 aliphatic heterocycles. The molecule has 0 bridgehead atoms. The molecule has 3 heteroatoms. The monoisotopic (exact) mass is 257 g/mol. The molecule has 1 N–H and O–H groups in total. The van der Waals surface area contributed by atoms with Gasteiger partial charge in [0.25, 0.3) is 0 Å². The van der Waals surface area contributed by atoms with Gasteiger partial charge in [-0.15, -0.1) is 0 Å². The molecule has 2 aromatic rings. The van der Waals surface area contributed by atoms with Crippen LogP contribution in [0.15, 0.2) is 36.7 Å². The van der Waals surface area contributed by atoms with E-state index >= 15 is 0 Å². The maximum absolute atomic E-state index is 10.5. The molecule has 1 aliphatic rings. The molecular formula is C16H19NO2. The molecule has 1 aromatic carbocycles. The molecular weight excluding hydrogens is 238 g/mol. The summed E-state index contributed by atoms with van der Waals surface area (Å²) in [5.74, 6) is 0. The molecule has 0 aliphatic carbocycles. The summed E-state index contributed by atoms with van der Waals surface area (Å²) in [4.78, 5) is 4.23. The summed E-state index contributed by atoms with van der Waals surface area (Å²) >= 11 is 0. The third-order valence-electron chi connectivity index (χ3n) is 3.82. The van der Waals surface area contributed by atoms with Crippen LogP contribution in [-0.2, 0) is 4.74 Å². The molecule has 2 atom stereocenters. The van der Waals surface area contributed by atoms with Crippen LogP contribution in [0.5, 0.6) is 0 Å². The first kappa shape index (κ1) is 12.6. The van der Waals surface area contributed by atoms with Gasteiger partial charge in [-0.25, -0.2) is 0 Å². The van der Waals surface area contributed by atoms with Crippen molar-refractivity contribution in [1.82, 2.24) is 4.98 Å². The highest BCUT2D eigenvalue weighted by atomic mass is 16.5. The molecule has 2 heterocycles. The highest BCUT2D eigenvalue weighted by Gasteiger charge is 2.20. The number of ether oxygens (including phenoxy) is 1. The van der Waals surface area contributed by atoms with Crippen molar-refractivity contribution in [1.29, 1.82) is 0 Å². The van der Waals surface area contributed by atoms with Crippen LogP contribution in [0.4, 0.5) is 0 Å². The first-order valence-corrected chi connectivity index (χ1v) is 6.97. The average molecular weight is 257 g/mol. The molecule has 0 radical (unpaired) electrons. The second-order valence-corrected chi connectivity index (χ2v) is 5.19. The number of rotatable bonds is 3. The number of nitrogens with zero attached hydrogens (tertiary/aromatic N) is 1. The van der Waals surface area contributed by atoms with E-state index in [4.69, 9.17) is 4.74 Å². The van der Waals surface area contributed by atoms with Gasteiger partial charge in [-0.1, -0.05) is 24.3 Å². The quantitative estimate of drug-likeness (QED) is 0.918. The van der Waals surface area contributed by atoms with Gasteiger partial charge in [0.2, 0.25) is 0 Å². The maximum atomic E-state index is 10.5. The first-order valence-electron chi connectivity index (χ1n) is 6.97. The Morgan fingerprint density at radius 2 is 2.16 bits per heavy atom. The summed E-state index contributed by atoms with van der Waals surface area (Å²) in [6.07, 6.45) is 7.35. The topological polar surface area (TPSA) is 42.4 Å². The van der Waals surface area contributed by atoms with Gasteiger partial charge in [-0.3, -0.25) is 4.98 Å². The fourth-order valence-corrected chi connectivity index (χ4v) is 2.77. The Morgan fingerprint density at radius 1 is 1.26 bits per heavy atom. The molecule has 19 heavy (non-hydrogen) atoms. The molecule has 1 fully saturated rings. The van der Waals surface area contributed by atoms with E-state index in [2.05, 4.69) is 4.98 Å². The van der Waals surface area contributed by atoms with E-state index in [1.165, 1.54) is 6.42 Å². The van der Waals surface area contributed by atoms with E-state index in [-0.39, 0.29) is 6.10 Å². The smallest absolute Gasteiger partial charge is 0.0835 e. The number of hydrogen-bond acceptors (Lipinski definition) is 3. The van der Waals surface area contributed by atoms with Gasteiger partial charge in [-0.05, 0) is 24.6 Å². The third-order valence-corrected chi connectivity index (χ3v) is 3.82. The number of hydrogen-bond donors (Lipinski definition) is 1. The Morgan fingerprint density at radius 3 is 3.00 bits per heavy atom. The van der Waals surface area contributed by atoms with Crippen LogP contribution in [-0.4, -0.2) is 22.8 Å². The van der Waals surface area contributed by atoms with E-state index < -0.39 is 6.10 Å². The van der Waals surface area contributed by atoms with Crippen molar-refractivity contribution < 1.29 is 9.84 Å². The fourth-order valence-electron chi connectivity index (χ4n) is 2.77. The lowest BCUT2D eigenvalue weighted by molar-refractivity contribution is -0.0153. The number of aliphatic hydroxyl groups excluding tert-OH is 1. The van der Waals surface area contributed by atoms with Gasteiger partial charge >= 0.3 is 0 Å². The zero-order chi connectivity index (χ0) is 13.1. The van der Waals surface area contributed by atoms with Gasteiger partial charge in [0.05, 0.1) is 12.2 Å². The van der Waals surface area contributed by atoms with Gasteiger partial charge in [0.1, 0.15) is 0 Å². The van der Waals surface area contributed by atoms with E-state index in [1.807, 2.05) is 30.5 Å². The minimum Gasteiger partial charge on any atom is -0.388 e. The Bertz CT molecular complexity index is 544. The zero-order valence-corrected chi connectivity index (χ0v) is 11.0. The summed E-state index contributed by atoms with van der Waals surface area (Å²) in [6.45, 7) is 0.825. The van der Waals surface area contributed by atoms with E-state index in [9.17, 15) is 5.11 Å². The summed E-state index contributed by atoms with van der Waals surface area (Å²) in [5, 5.41) is 12.6. The number of benzene rings is 1. The molecule has 3 rings (SSSR count). The highest BCUT2D eigenvalue weighted by Crippen LogP contribution is 2.28. The average Bonchev–Trinajstić information content (AvgIpc) is 2.47. The van der Waals surface area contributed by atoms with Crippen LogP contribution in [0.1, 0.15) is 37.4 Å². The zero-order valence-electron chi connectivity index (χ0n) is 11.0. The summed E-state index contributed by atoms with van der Waals surface area (Å²) < 4.78 is 5.70. The van der Waals surface area contributed by atoms with Crippen LogP contribution < -0.4 is 0 Å². The number of fused-ring (bicyclic) bond motifs is 1. The lowest BCUT2D eigenvalue weighted by Crippen LogP contribution is -2.21. The standard InChI is InChI=1S/C16H19NO2/c18-16(9-13-6-3-4-8-19-13)15-11-17-10-12-5-1-2-7-14(12)15/h1-2,5,7,10-11,13,16,18H,3-4,6,8-9H2. The molecule has 3 nitrogen and oxygen atoms in total. The minimum atomic E-state index is -0.498. The molecule has 2 unspecified atom stereocenters. The number of aromatic nitrogens is 1. The van der Waals surface area contributed by atoms with Crippen LogP contribution in [0.2, 0.25) is 0 Å². The molecule has 0 spiro atoms. The summed E-state index contributed by atoms with van der Waals surface area (Å²) in [5.41, 5.74) is 0.910. The van der Waals surface area contributed by atoms with Crippen LogP contribution in [0.25, 0.3) is 10.8 Å². The van der Waals surface area contributed by atoms with Gasteiger partial charge in [0, 0.05) is 36.4 Å². The molecule has 0 amide bonds. The summed E-state index contributed by atoms with van der Waals surface area (Å²) in [7, 11) is 0. The van der Waals surface area contributed by atoms with Crippen molar-refractivity contribution in [2.45, 2.75) is 37.9 Å². The third kappa shape index (κ3) is 2.77. The summed E-state index contributed by atoms with van der Waals surface area (Å²) in [6, 6.07) is 8.05. The Hall–Kier alpha value is -1.45. The number of pyridine rings is 1. The van der Waals surface area contributed by atoms with Crippen molar-refractivity contribution in [3.63, 3.8) is 0 Å². The second kappa shape index (κ2) is 5.68. The van der Waals surface area contributed by atoms with Crippen molar-refractivity contribution in [2.24, 2.45) is 0 Å². The van der Waals surface area contributed by atoms with E-state index in [0.717, 1.165) is 35.8 Å². The second-order valence-electron chi connectivity index (χ2n) is 5.19. The lowest BCUT2D eigenvalue weighted by Gasteiger charge is -2.25. The van der Waals surface area contributed by atoms with Crippen LogP contribution in [0, 0.1) is 0 Å². The minimum absolute atomic E-state index is 0.183. The van der Waals surface area contributed by atoms with E-state index in [1.54, 1.807) is 6.20 Å². The fraction of sp³-hybridized carbons (Fsp3) is 0.438. The van der Waals surface area contributed by atoms with Crippen molar-refractivity contribution >= 4 is 10.8 Å². The molecule has 1 saturated heterocycles.